The van der Waals surface area contributed by atoms with E-state index >= 15 is 0 Å². The molecule has 0 aliphatic heterocycles. The fourth-order valence-corrected chi connectivity index (χ4v) is 3.53. The van der Waals surface area contributed by atoms with E-state index in [1.807, 2.05) is 67.6 Å². The first-order chi connectivity index (χ1) is 17.4. The van der Waals surface area contributed by atoms with E-state index < -0.39 is 23.9 Å². The van der Waals surface area contributed by atoms with Gasteiger partial charge in [-0.1, -0.05) is 72.3 Å². The van der Waals surface area contributed by atoms with E-state index in [1.165, 1.54) is 0 Å². The fraction of sp³-hybridized carbons (Fsp3) is 0.250. The number of carbonyl (C=O) groups is 3. The van der Waals surface area contributed by atoms with E-state index in [-0.39, 0.29) is 32.7 Å². The van der Waals surface area contributed by atoms with Crippen molar-refractivity contribution in [3.63, 3.8) is 0 Å². The Balaban J connectivity index is 1.55. The Morgan fingerprint density at radius 3 is 2.08 bits per heavy atom. The molecule has 8 heteroatoms. The minimum absolute atomic E-state index is 0.0208. The summed E-state index contributed by atoms with van der Waals surface area (Å²) >= 11 is 5.95. The highest BCUT2D eigenvalue weighted by atomic mass is 35.5. The highest BCUT2D eigenvalue weighted by Crippen LogP contribution is 2.21. The second-order valence-corrected chi connectivity index (χ2v) is 8.53. The molecular weight excluding hydrogens is 482 g/mol. The summed E-state index contributed by atoms with van der Waals surface area (Å²) in [5.41, 5.74) is 2.43. The number of rotatable bonds is 12. The lowest BCUT2D eigenvalue weighted by Crippen LogP contribution is -2.44. The standard InChI is InChI=1S/C28H28ClNO6/c1-20-16-23(29)12-14-25(20)34-19-26(31)30-24(28(33)36-18-22-10-6-3-7-11-22)13-15-27(32)35-17-21-8-4-2-5-9-21/h2-12,14,16,24H,13,15,17-19H2,1H3,(H,30,31)/t24-/m1/s1. The Kier molecular flexibility index (Phi) is 10.3. The van der Waals surface area contributed by atoms with Crippen molar-refractivity contribution in [2.24, 2.45) is 0 Å². The average Bonchev–Trinajstić information content (AvgIpc) is 2.89. The van der Waals surface area contributed by atoms with Gasteiger partial charge in [-0.25, -0.2) is 4.79 Å². The number of aryl methyl sites for hydroxylation is 1. The molecule has 36 heavy (non-hydrogen) atoms. The molecule has 0 spiro atoms. The molecule has 0 radical (unpaired) electrons. The van der Waals surface area contributed by atoms with Crippen LogP contribution in [-0.2, 0) is 37.1 Å². The van der Waals surface area contributed by atoms with Gasteiger partial charge in [0.15, 0.2) is 6.61 Å². The summed E-state index contributed by atoms with van der Waals surface area (Å²) in [5, 5.41) is 3.17. The topological polar surface area (TPSA) is 90.9 Å². The molecule has 0 saturated heterocycles. The zero-order valence-corrected chi connectivity index (χ0v) is 20.7. The molecule has 0 heterocycles. The molecule has 188 valence electrons. The van der Waals surface area contributed by atoms with Crippen LogP contribution in [0.2, 0.25) is 5.02 Å². The van der Waals surface area contributed by atoms with Crippen molar-refractivity contribution in [3.05, 3.63) is 101 Å². The summed E-state index contributed by atoms with van der Waals surface area (Å²) in [4.78, 5) is 37.6. The van der Waals surface area contributed by atoms with Crippen LogP contribution < -0.4 is 10.1 Å². The SMILES string of the molecule is Cc1cc(Cl)ccc1OCC(=O)N[C@H](CCC(=O)OCc1ccccc1)C(=O)OCc1ccccc1. The number of halogens is 1. The third-order valence-electron chi connectivity index (χ3n) is 5.22. The summed E-state index contributed by atoms with van der Waals surface area (Å²) in [6.07, 6.45) is -0.0532. The van der Waals surface area contributed by atoms with Gasteiger partial charge < -0.3 is 19.5 Å². The predicted molar refractivity (Wildman–Crippen MR) is 135 cm³/mol. The van der Waals surface area contributed by atoms with Gasteiger partial charge in [0.1, 0.15) is 25.0 Å². The van der Waals surface area contributed by atoms with Crippen molar-refractivity contribution in [2.45, 2.75) is 39.0 Å². The van der Waals surface area contributed by atoms with Crippen LogP contribution in [0, 0.1) is 6.92 Å². The van der Waals surface area contributed by atoms with Gasteiger partial charge in [-0.3, -0.25) is 9.59 Å². The maximum atomic E-state index is 12.8. The Labute approximate surface area is 215 Å². The van der Waals surface area contributed by atoms with Crippen LogP contribution in [0.1, 0.15) is 29.5 Å². The van der Waals surface area contributed by atoms with Gasteiger partial charge in [-0.15, -0.1) is 0 Å². The molecule has 1 N–H and O–H groups in total. The summed E-state index contributed by atoms with van der Waals surface area (Å²) in [5.74, 6) is -1.15. The first kappa shape index (κ1) is 26.8. The lowest BCUT2D eigenvalue weighted by Gasteiger charge is -2.18. The van der Waals surface area contributed by atoms with E-state index in [0.717, 1.165) is 16.7 Å². The molecule has 0 unspecified atom stereocenters. The monoisotopic (exact) mass is 509 g/mol. The van der Waals surface area contributed by atoms with Crippen molar-refractivity contribution >= 4 is 29.4 Å². The molecule has 0 aromatic heterocycles. The smallest absolute Gasteiger partial charge is 0.328 e. The number of hydrogen-bond donors (Lipinski definition) is 1. The van der Waals surface area contributed by atoms with Gasteiger partial charge in [-0.2, -0.15) is 0 Å². The summed E-state index contributed by atoms with van der Waals surface area (Å²) in [6, 6.07) is 22.5. The minimum Gasteiger partial charge on any atom is -0.484 e. The van der Waals surface area contributed by atoms with Gasteiger partial charge in [0.2, 0.25) is 0 Å². The first-order valence-corrected chi connectivity index (χ1v) is 11.9. The van der Waals surface area contributed by atoms with Crippen molar-refractivity contribution in [2.75, 3.05) is 6.61 Å². The van der Waals surface area contributed by atoms with Crippen LogP contribution >= 0.6 is 11.6 Å². The molecule has 0 aliphatic carbocycles. The molecule has 0 saturated carbocycles. The van der Waals surface area contributed by atoms with E-state index in [2.05, 4.69) is 5.32 Å². The Bertz CT molecular complexity index is 1150. The van der Waals surface area contributed by atoms with E-state index in [9.17, 15) is 14.4 Å². The number of carbonyl (C=O) groups excluding carboxylic acids is 3. The molecule has 7 nitrogen and oxygen atoms in total. The maximum absolute atomic E-state index is 12.8. The van der Waals surface area contributed by atoms with E-state index in [0.29, 0.717) is 10.8 Å². The molecule has 0 aliphatic rings. The second-order valence-electron chi connectivity index (χ2n) is 8.10. The first-order valence-electron chi connectivity index (χ1n) is 11.5. The third kappa shape index (κ3) is 9.07. The third-order valence-corrected chi connectivity index (χ3v) is 5.45. The van der Waals surface area contributed by atoms with Gasteiger partial charge in [0.05, 0.1) is 0 Å². The van der Waals surface area contributed by atoms with Gasteiger partial charge >= 0.3 is 11.9 Å². The summed E-state index contributed by atoms with van der Waals surface area (Å²) < 4.78 is 16.2. The maximum Gasteiger partial charge on any atom is 0.328 e. The zero-order chi connectivity index (χ0) is 25.8. The minimum atomic E-state index is -1.04. The summed E-state index contributed by atoms with van der Waals surface area (Å²) in [7, 11) is 0. The molecule has 0 bridgehead atoms. The second kappa shape index (κ2) is 13.9. The molecule has 1 amide bonds. The quantitative estimate of drug-likeness (QED) is 0.353. The highest BCUT2D eigenvalue weighted by Gasteiger charge is 2.24. The lowest BCUT2D eigenvalue weighted by molar-refractivity contribution is -0.150. The van der Waals surface area contributed by atoms with Crippen LogP contribution in [0.3, 0.4) is 0 Å². The molecule has 0 fully saturated rings. The predicted octanol–water partition coefficient (Wildman–Crippen LogP) is 4.78. The van der Waals surface area contributed by atoms with E-state index in [4.69, 9.17) is 25.8 Å². The lowest BCUT2D eigenvalue weighted by atomic mass is 10.1. The van der Waals surface area contributed by atoms with Crippen molar-refractivity contribution in [1.82, 2.24) is 5.32 Å². The zero-order valence-electron chi connectivity index (χ0n) is 19.9. The molecule has 1 atom stereocenters. The van der Waals surface area contributed by atoms with Gasteiger partial charge in [0, 0.05) is 11.4 Å². The largest absolute Gasteiger partial charge is 0.484 e. The van der Waals surface area contributed by atoms with Gasteiger partial charge in [-0.05, 0) is 48.2 Å². The van der Waals surface area contributed by atoms with Crippen molar-refractivity contribution in [3.8, 4) is 5.75 Å². The highest BCUT2D eigenvalue weighted by molar-refractivity contribution is 6.30. The average molecular weight is 510 g/mol. The molecular formula is C28H28ClNO6. The van der Waals surface area contributed by atoms with Crippen LogP contribution in [-0.4, -0.2) is 30.5 Å². The van der Waals surface area contributed by atoms with Crippen LogP contribution in [0.25, 0.3) is 0 Å². The van der Waals surface area contributed by atoms with Gasteiger partial charge in [0.25, 0.3) is 5.91 Å². The van der Waals surface area contributed by atoms with Crippen LogP contribution in [0.5, 0.6) is 5.75 Å². The Hall–Kier alpha value is -3.84. The van der Waals surface area contributed by atoms with Crippen LogP contribution in [0.15, 0.2) is 78.9 Å². The number of nitrogens with one attached hydrogen (secondary N) is 1. The number of benzene rings is 3. The van der Waals surface area contributed by atoms with E-state index in [1.54, 1.807) is 18.2 Å². The molecule has 3 aromatic rings. The number of esters is 2. The number of ether oxygens (including phenoxy) is 3. The Morgan fingerprint density at radius 2 is 1.47 bits per heavy atom. The number of hydrogen-bond acceptors (Lipinski definition) is 6. The Morgan fingerprint density at radius 1 is 0.861 bits per heavy atom. The normalized spacial score (nSPS) is 11.3. The van der Waals surface area contributed by atoms with Crippen molar-refractivity contribution < 1.29 is 28.6 Å². The molecule has 3 rings (SSSR count). The molecule has 3 aromatic carbocycles. The van der Waals surface area contributed by atoms with Crippen LogP contribution in [0.4, 0.5) is 0 Å². The summed E-state index contributed by atoms with van der Waals surface area (Å²) in [6.45, 7) is 1.67. The number of amides is 1. The van der Waals surface area contributed by atoms with Crippen molar-refractivity contribution in [1.29, 1.82) is 0 Å². The fourth-order valence-electron chi connectivity index (χ4n) is 3.30.